The fraction of sp³-hybridized carbons (Fsp3) is 0.579. The van der Waals surface area contributed by atoms with Crippen molar-refractivity contribution in [2.75, 3.05) is 26.2 Å². The zero-order valence-corrected chi connectivity index (χ0v) is 14.3. The molecule has 1 fully saturated rings. The van der Waals surface area contributed by atoms with Gasteiger partial charge in [-0.2, -0.15) is 0 Å². The summed E-state index contributed by atoms with van der Waals surface area (Å²) in [5.74, 6) is 0.947. The van der Waals surface area contributed by atoms with Crippen LogP contribution in [0.2, 0.25) is 0 Å². The molecule has 1 saturated heterocycles. The van der Waals surface area contributed by atoms with Gasteiger partial charge in [-0.25, -0.2) is 0 Å². The van der Waals surface area contributed by atoms with E-state index in [1.54, 1.807) is 11.8 Å². The Hall–Kier alpha value is -1.84. The molecule has 2 rings (SSSR count). The third kappa shape index (κ3) is 5.70. The largest absolute Gasteiger partial charge is 0.343 e. The number of piperidine rings is 1. The van der Waals surface area contributed by atoms with Crippen LogP contribution in [0.3, 0.4) is 0 Å². The van der Waals surface area contributed by atoms with Crippen LogP contribution in [-0.4, -0.2) is 47.8 Å². The SMILES string of the molecule is CC(=O)N(CCC(=O)N1CCC(C)CC1)CCc1ccccc1. The van der Waals surface area contributed by atoms with E-state index in [1.807, 2.05) is 23.1 Å². The van der Waals surface area contributed by atoms with E-state index in [0.717, 1.165) is 38.3 Å². The van der Waals surface area contributed by atoms with Gasteiger partial charge in [-0.3, -0.25) is 9.59 Å². The predicted octanol–water partition coefficient (Wildman–Crippen LogP) is 2.73. The van der Waals surface area contributed by atoms with Gasteiger partial charge in [0.1, 0.15) is 0 Å². The van der Waals surface area contributed by atoms with E-state index in [9.17, 15) is 9.59 Å². The van der Waals surface area contributed by atoms with Gasteiger partial charge in [0.25, 0.3) is 0 Å². The van der Waals surface area contributed by atoms with Crippen LogP contribution in [-0.2, 0) is 16.0 Å². The van der Waals surface area contributed by atoms with Gasteiger partial charge in [0, 0.05) is 39.5 Å². The molecule has 4 heteroatoms. The first-order chi connectivity index (χ1) is 11.1. The summed E-state index contributed by atoms with van der Waals surface area (Å²) in [5, 5.41) is 0. The van der Waals surface area contributed by atoms with Crippen molar-refractivity contribution in [3.63, 3.8) is 0 Å². The van der Waals surface area contributed by atoms with Crippen LogP contribution >= 0.6 is 0 Å². The molecule has 0 aliphatic carbocycles. The summed E-state index contributed by atoms with van der Waals surface area (Å²) in [6.45, 7) is 6.74. The minimum Gasteiger partial charge on any atom is -0.343 e. The normalized spacial score (nSPS) is 15.5. The summed E-state index contributed by atoms with van der Waals surface area (Å²) in [7, 11) is 0. The first-order valence-electron chi connectivity index (χ1n) is 8.63. The number of nitrogens with zero attached hydrogens (tertiary/aromatic N) is 2. The van der Waals surface area contributed by atoms with Crippen molar-refractivity contribution in [1.82, 2.24) is 9.80 Å². The molecule has 1 aliphatic rings. The molecule has 0 radical (unpaired) electrons. The standard InChI is InChI=1S/C19H28N2O2/c1-16-8-12-21(13-9-16)19(23)11-15-20(17(2)22)14-10-18-6-4-3-5-7-18/h3-7,16H,8-15H2,1-2H3. The molecule has 126 valence electrons. The van der Waals surface area contributed by atoms with Gasteiger partial charge >= 0.3 is 0 Å². The minimum atomic E-state index is 0.0426. The average Bonchev–Trinajstić information content (AvgIpc) is 2.56. The van der Waals surface area contributed by atoms with E-state index in [2.05, 4.69) is 19.1 Å². The van der Waals surface area contributed by atoms with Crippen molar-refractivity contribution < 1.29 is 9.59 Å². The Balaban J connectivity index is 1.78. The summed E-state index contributed by atoms with van der Waals surface area (Å²) in [6, 6.07) is 10.1. The average molecular weight is 316 g/mol. The monoisotopic (exact) mass is 316 g/mol. The summed E-state index contributed by atoms with van der Waals surface area (Å²) >= 11 is 0. The number of carbonyl (C=O) groups is 2. The molecule has 0 unspecified atom stereocenters. The number of rotatable bonds is 6. The Labute approximate surface area is 139 Å². The Bertz CT molecular complexity index is 507. The van der Waals surface area contributed by atoms with Gasteiger partial charge in [-0.05, 0) is 30.7 Å². The van der Waals surface area contributed by atoms with Crippen molar-refractivity contribution in [2.45, 2.75) is 39.5 Å². The summed E-state index contributed by atoms with van der Waals surface area (Å²) < 4.78 is 0. The highest BCUT2D eigenvalue weighted by Crippen LogP contribution is 2.16. The lowest BCUT2D eigenvalue weighted by Crippen LogP contribution is -2.40. The molecule has 1 aliphatic heterocycles. The molecule has 1 aromatic rings. The van der Waals surface area contributed by atoms with Crippen LogP contribution in [0, 0.1) is 5.92 Å². The Kier molecular flexibility index (Phi) is 6.63. The molecule has 0 bridgehead atoms. The molecule has 0 aromatic heterocycles. The second-order valence-electron chi connectivity index (χ2n) is 6.55. The smallest absolute Gasteiger partial charge is 0.224 e. The van der Waals surface area contributed by atoms with Gasteiger partial charge in [0.05, 0.1) is 0 Å². The van der Waals surface area contributed by atoms with Gasteiger partial charge in [-0.15, -0.1) is 0 Å². The van der Waals surface area contributed by atoms with E-state index in [0.29, 0.717) is 19.5 Å². The Morgan fingerprint density at radius 2 is 1.78 bits per heavy atom. The first-order valence-corrected chi connectivity index (χ1v) is 8.63. The zero-order valence-electron chi connectivity index (χ0n) is 14.3. The first kappa shape index (κ1) is 17.5. The zero-order chi connectivity index (χ0) is 16.7. The topological polar surface area (TPSA) is 40.6 Å². The summed E-state index contributed by atoms with van der Waals surface area (Å²) in [5.41, 5.74) is 1.22. The van der Waals surface area contributed by atoms with Crippen molar-refractivity contribution in [3.8, 4) is 0 Å². The van der Waals surface area contributed by atoms with Crippen LogP contribution < -0.4 is 0 Å². The highest BCUT2D eigenvalue weighted by atomic mass is 16.2. The molecule has 0 spiro atoms. The number of hydrogen-bond donors (Lipinski definition) is 0. The number of carbonyl (C=O) groups excluding carboxylic acids is 2. The maximum absolute atomic E-state index is 12.3. The molecule has 2 amide bonds. The molecule has 23 heavy (non-hydrogen) atoms. The Morgan fingerprint density at radius 3 is 2.39 bits per heavy atom. The van der Waals surface area contributed by atoms with Crippen LogP contribution in [0.25, 0.3) is 0 Å². The second-order valence-corrected chi connectivity index (χ2v) is 6.55. The molecule has 1 heterocycles. The molecule has 0 saturated carbocycles. The summed E-state index contributed by atoms with van der Waals surface area (Å²) in [6.07, 6.45) is 3.45. The molecule has 4 nitrogen and oxygen atoms in total. The molecule has 1 aromatic carbocycles. The van der Waals surface area contributed by atoms with Crippen molar-refractivity contribution in [2.24, 2.45) is 5.92 Å². The van der Waals surface area contributed by atoms with Crippen molar-refractivity contribution in [1.29, 1.82) is 0 Å². The van der Waals surface area contributed by atoms with E-state index in [-0.39, 0.29) is 11.8 Å². The Morgan fingerprint density at radius 1 is 1.13 bits per heavy atom. The summed E-state index contributed by atoms with van der Waals surface area (Å²) in [4.78, 5) is 27.8. The van der Waals surface area contributed by atoms with Gasteiger partial charge in [0.2, 0.25) is 11.8 Å². The molecular weight excluding hydrogens is 288 g/mol. The predicted molar refractivity (Wildman–Crippen MR) is 92.0 cm³/mol. The van der Waals surface area contributed by atoms with E-state index >= 15 is 0 Å². The van der Waals surface area contributed by atoms with Gasteiger partial charge < -0.3 is 9.80 Å². The fourth-order valence-corrected chi connectivity index (χ4v) is 2.98. The van der Waals surface area contributed by atoms with Gasteiger partial charge in [0.15, 0.2) is 0 Å². The van der Waals surface area contributed by atoms with Crippen LogP contribution in [0.5, 0.6) is 0 Å². The second kappa shape index (κ2) is 8.70. The number of amides is 2. The molecule has 0 atom stereocenters. The fourth-order valence-electron chi connectivity index (χ4n) is 2.98. The quantitative estimate of drug-likeness (QED) is 0.809. The van der Waals surface area contributed by atoms with Crippen molar-refractivity contribution >= 4 is 11.8 Å². The van der Waals surface area contributed by atoms with Crippen molar-refractivity contribution in [3.05, 3.63) is 35.9 Å². The molecular formula is C19H28N2O2. The lowest BCUT2D eigenvalue weighted by molar-refractivity contribution is -0.134. The van der Waals surface area contributed by atoms with Crippen LogP contribution in [0.15, 0.2) is 30.3 Å². The molecule has 0 N–H and O–H groups in total. The third-order valence-corrected chi connectivity index (χ3v) is 4.69. The van der Waals surface area contributed by atoms with E-state index < -0.39 is 0 Å². The van der Waals surface area contributed by atoms with Gasteiger partial charge in [-0.1, -0.05) is 37.3 Å². The highest BCUT2D eigenvalue weighted by Gasteiger charge is 2.21. The maximum Gasteiger partial charge on any atom is 0.224 e. The number of likely N-dealkylation sites (tertiary alicyclic amines) is 1. The van der Waals surface area contributed by atoms with Crippen LogP contribution in [0.1, 0.15) is 38.7 Å². The lowest BCUT2D eigenvalue weighted by atomic mass is 9.99. The van der Waals surface area contributed by atoms with E-state index in [1.165, 1.54) is 5.56 Å². The van der Waals surface area contributed by atoms with E-state index in [4.69, 9.17) is 0 Å². The number of benzene rings is 1. The third-order valence-electron chi connectivity index (χ3n) is 4.69. The highest BCUT2D eigenvalue weighted by molar-refractivity contribution is 5.78. The van der Waals surface area contributed by atoms with Crippen LogP contribution in [0.4, 0.5) is 0 Å². The lowest BCUT2D eigenvalue weighted by Gasteiger charge is -2.31. The maximum atomic E-state index is 12.3. The number of hydrogen-bond acceptors (Lipinski definition) is 2. The minimum absolute atomic E-state index is 0.0426.